The van der Waals surface area contributed by atoms with Gasteiger partial charge in [0, 0.05) is 23.4 Å². The van der Waals surface area contributed by atoms with E-state index >= 15 is 0 Å². The quantitative estimate of drug-likeness (QED) is 0.280. The summed E-state index contributed by atoms with van der Waals surface area (Å²) in [5.74, 6) is -1.69. The molecule has 1 atom stereocenters. The van der Waals surface area contributed by atoms with Gasteiger partial charge in [0.25, 0.3) is 0 Å². The lowest BCUT2D eigenvalue weighted by atomic mass is 10.1. The summed E-state index contributed by atoms with van der Waals surface area (Å²) in [7, 11) is 0. The molecule has 0 radical (unpaired) electrons. The number of esters is 1. The van der Waals surface area contributed by atoms with E-state index in [0.29, 0.717) is 16.5 Å². The first-order valence-electron chi connectivity index (χ1n) is 9.37. The SMILES string of the molecule is C=CC(=O)OCC(COc1ccc2cc(-c3ccccc3)c(=O)oc2c1)CC(F)(F)F. The Morgan fingerprint density at radius 3 is 2.52 bits per heavy atom. The van der Waals surface area contributed by atoms with E-state index < -0.39 is 36.7 Å². The number of alkyl halides is 3. The molecule has 1 unspecified atom stereocenters. The zero-order valence-corrected chi connectivity index (χ0v) is 16.4. The molecule has 31 heavy (non-hydrogen) atoms. The van der Waals surface area contributed by atoms with Gasteiger partial charge >= 0.3 is 17.8 Å². The normalized spacial score (nSPS) is 12.4. The highest BCUT2D eigenvalue weighted by molar-refractivity contribution is 5.82. The molecule has 8 heteroatoms. The number of halogens is 3. The van der Waals surface area contributed by atoms with Crippen LogP contribution in [0.15, 0.2) is 76.5 Å². The van der Waals surface area contributed by atoms with E-state index in [1.54, 1.807) is 42.5 Å². The smallest absolute Gasteiger partial charge is 0.389 e. The molecule has 162 valence electrons. The van der Waals surface area contributed by atoms with Gasteiger partial charge in [0.1, 0.15) is 11.3 Å². The fourth-order valence-corrected chi connectivity index (χ4v) is 2.97. The molecular weight excluding hydrogens is 413 g/mol. The van der Waals surface area contributed by atoms with E-state index in [0.717, 1.165) is 6.08 Å². The molecule has 3 aromatic rings. The maximum absolute atomic E-state index is 12.8. The monoisotopic (exact) mass is 432 g/mol. The third-order valence-electron chi connectivity index (χ3n) is 4.43. The number of fused-ring (bicyclic) bond motifs is 1. The van der Waals surface area contributed by atoms with Crippen molar-refractivity contribution >= 4 is 16.9 Å². The van der Waals surface area contributed by atoms with E-state index in [1.807, 2.05) is 6.07 Å². The third-order valence-corrected chi connectivity index (χ3v) is 4.43. The maximum Gasteiger partial charge on any atom is 0.389 e. The van der Waals surface area contributed by atoms with E-state index in [9.17, 15) is 22.8 Å². The summed E-state index contributed by atoms with van der Waals surface area (Å²) < 4.78 is 54.0. The summed E-state index contributed by atoms with van der Waals surface area (Å²) in [5, 5.41) is 0.637. The minimum Gasteiger partial charge on any atom is -0.493 e. The Hall–Kier alpha value is -3.55. The summed E-state index contributed by atoms with van der Waals surface area (Å²) in [6, 6.07) is 15.4. The summed E-state index contributed by atoms with van der Waals surface area (Å²) >= 11 is 0. The molecule has 5 nitrogen and oxygen atoms in total. The first-order chi connectivity index (χ1) is 14.7. The Morgan fingerprint density at radius 1 is 1.10 bits per heavy atom. The van der Waals surface area contributed by atoms with Crippen molar-refractivity contribution in [3.8, 4) is 16.9 Å². The molecule has 1 heterocycles. The average molecular weight is 432 g/mol. The molecule has 3 rings (SSSR count). The van der Waals surface area contributed by atoms with Crippen molar-refractivity contribution in [2.24, 2.45) is 5.92 Å². The second-order valence-corrected chi connectivity index (χ2v) is 6.84. The second kappa shape index (κ2) is 9.51. The molecule has 0 aliphatic carbocycles. The largest absolute Gasteiger partial charge is 0.493 e. The minimum absolute atomic E-state index is 0.227. The van der Waals surface area contributed by atoms with Crippen LogP contribution in [-0.4, -0.2) is 25.4 Å². The van der Waals surface area contributed by atoms with Crippen molar-refractivity contribution in [2.45, 2.75) is 12.6 Å². The van der Waals surface area contributed by atoms with Crippen LogP contribution in [0.1, 0.15) is 6.42 Å². The Bertz CT molecular complexity index is 1120. The van der Waals surface area contributed by atoms with Crippen molar-refractivity contribution in [3.63, 3.8) is 0 Å². The van der Waals surface area contributed by atoms with Gasteiger partial charge in [-0.25, -0.2) is 9.59 Å². The second-order valence-electron chi connectivity index (χ2n) is 6.84. The summed E-state index contributed by atoms with van der Waals surface area (Å²) in [4.78, 5) is 23.5. The van der Waals surface area contributed by atoms with Crippen LogP contribution in [0.4, 0.5) is 13.2 Å². The minimum atomic E-state index is -4.45. The van der Waals surface area contributed by atoms with Gasteiger partial charge in [0.2, 0.25) is 0 Å². The Kier molecular flexibility index (Phi) is 6.79. The topological polar surface area (TPSA) is 65.7 Å². The van der Waals surface area contributed by atoms with Crippen molar-refractivity contribution in [2.75, 3.05) is 13.2 Å². The van der Waals surface area contributed by atoms with Crippen LogP contribution in [0.25, 0.3) is 22.1 Å². The van der Waals surface area contributed by atoms with Gasteiger partial charge in [-0.15, -0.1) is 0 Å². The first-order valence-corrected chi connectivity index (χ1v) is 9.37. The third kappa shape index (κ3) is 6.21. The van der Waals surface area contributed by atoms with Crippen LogP contribution in [0.2, 0.25) is 0 Å². The fourth-order valence-electron chi connectivity index (χ4n) is 2.97. The lowest BCUT2D eigenvalue weighted by molar-refractivity contribution is -0.157. The predicted molar refractivity (Wildman–Crippen MR) is 109 cm³/mol. The highest BCUT2D eigenvalue weighted by atomic mass is 19.4. The lowest BCUT2D eigenvalue weighted by Crippen LogP contribution is -2.25. The van der Waals surface area contributed by atoms with Gasteiger partial charge in [0.05, 0.1) is 25.2 Å². The molecule has 0 saturated carbocycles. The standard InChI is InChI=1S/C23H19F3O5/c1-2-21(27)30-14-15(12-23(24,25)26)13-29-18-9-8-17-10-19(16-6-4-3-5-7-16)22(28)31-20(17)11-18/h2-11,15H,1,12-14H2. The summed E-state index contributed by atoms with van der Waals surface area (Å²) in [5.41, 5.74) is 0.813. The molecule has 0 fully saturated rings. The number of benzene rings is 2. The van der Waals surface area contributed by atoms with E-state index in [2.05, 4.69) is 6.58 Å². The lowest BCUT2D eigenvalue weighted by Gasteiger charge is -2.19. The van der Waals surface area contributed by atoms with E-state index in [4.69, 9.17) is 13.9 Å². The first kappa shape index (κ1) is 22.1. The highest BCUT2D eigenvalue weighted by Crippen LogP contribution is 2.27. The molecule has 0 aliphatic rings. The van der Waals surface area contributed by atoms with E-state index in [1.165, 1.54) is 6.07 Å². The molecular formula is C23H19F3O5. The Morgan fingerprint density at radius 2 is 1.84 bits per heavy atom. The van der Waals surface area contributed by atoms with Crippen LogP contribution >= 0.6 is 0 Å². The molecule has 1 aromatic heterocycles. The molecule has 0 aliphatic heterocycles. The molecule has 0 saturated heterocycles. The van der Waals surface area contributed by atoms with Gasteiger partial charge in [0.15, 0.2) is 0 Å². The van der Waals surface area contributed by atoms with Gasteiger partial charge in [-0.3, -0.25) is 0 Å². The number of carbonyl (C=O) groups is 1. The van der Waals surface area contributed by atoms with Gasteiger partial charge in [-0.2, -0.15) is 13.2 Å². The molecule has 2 aromatic carbocycles. The van der Waals surface area contributed by atoms with Gasteiger partial charge in [-0.05, 0) is 23.8 Å². The van der Waals surface area contributed by atoms with Crippen LogP contribution < -0.4 is 10.4 Å². The number of hydrogen-bond donors (Lipinski definition) is 0. The summed E-state index contributed by atoms with van der Waals surface area (Å²) in [6.45, 7) is 2.39. The van der Waals surface area contributed by atoms with Crippen molar-refractivity contribution in [1.29, 1.82) is 0 Å². The maximum atomic E-state index is 12.8. The van der Waals surface area contributed by atoms with Crippen LogP contribution in [0.3, 0.4) is 0 Å². The Labute approximate surface area is 175 Å². The predicted octanol–water partition coefficient (Wildman–Crippen LogP) is 5.14. The number of hydrogen-bond acceptors (Lipinski definition) is 5. The van der Waals surface area contributed by atoms with Crippen LogP contribution in [0, 0.1) is 5.92 Å². The van der Waals surface area contributed by atoms with E-state index in [-0.39, 0.29) is 17.9 Å². The Balaban J connectivity index is 1.76. The number of carbonyl (C=O) groups excluding carboxylic acids is 1. The van der Waals surface area contributed by atoms with Crippen LogP contribution in [0.5, 0.6) is 5.75 Å². The molecule has 0 bridgehead atoms. The van der Waals surface area contributed by atoms with Gasteiger partial charge < -0.3 is 13.9 Å². The summed E-state index contributed by atoms with van der Waals surface area (Å²) in [6.07, 6.45) is -4.75. The van der Waals surface area contributed by atoms with Crippen molar-refractivity contribution < 1.29 is 31.9 Å². The number of rotatable bonds is 8. The molecule has 0 amide bonds. The van der Waals surface area contributed by atoms with Crippen molar-refractivity contribution in [1.82, 2.24) is 0 Å². The zero-order valence-electron chi connectivity index (χ0n) is 16.4. The average Bonchev–Trinajstić information content (AvgIpc) is 2.74. The molecule has 0 spiro atoms. The number of ether oxygens (including phenoxy) is 2. The van der Waals surface area contributed by atoms with Crippen LogP contribution in [-0.2, 0) is 9.53 Å². The zero-order chi connectivity index (χ0) is 22.4. The van der Waals surface area contributed by atoms with Crippen molar-refractivity contribution in [3.05, 3.63) is 77.7 Å². The van der Waals surface area contributed by atoms with Gasteiger partial charge in [-0.1, -0.05) is 36.9 Å². The molecule has 0 N–H and O–H groups in total. The fraction of sp³-hybridized carbons (Fsp3) is 0.217. The highest BCUT2D eigenvalue weighted by Gasteiger charge is 2.33.